The molecule has 2 aromatic heterocycles. The molecule has 0 atom stereocenters. The maximum Gasteiger partial charge on any atom is 0.270 e. The lowest BCUT2D eigenvalue weighted by Crippen LogP contribution is -2.27. The molecule has 2 aromatic rings. The molecule has 6 heteroatoms. The Labute approximate surface area is 149 Å². The summed E-state index contributed by atoms with van der Waals surface area (Å²) in [7, 11) is 0. The van der Waals surface area contributed by atoms with Crippen molar-refractivity contribution < 1.29 is 9.59 Å². The van der Waals surface area contributed by atoms with Gasteiger partial charge in [-0.2, -0.15) is 0 Å². The van der Waals surface area contributed by atoms with E-state index in [-0.39, 0.29) is 11.8 Å². The number of nitrogens with one attached hydrogen (secondary N) is 2. The molecule has 0 unspecified atom stereocenters. The molecule has 6 nitrogen and oxygen atoms in total. The van der Waals surface area contributed by atoms with Crippen LogP contribution in [0.25, 0.3) is 5.65 Å². The summed E-state index contributed by atoms with van der Waals surface area (Å²) in [5.41, 5.74) is 2.09. The monoisotopic (exact) mass is 344 g/mol. The van der Waals surface area contributed by atoms with Crippen LogP contribution in [0, 0.1) is 12.8 Å². The largest absolute Gasteiger partial charge is 0.356 e. The number of hydrogen-bond donors (Lipinski definition) is 2. The van der Waals surface area contributed by atoms with Crippen molar-refractivity contribution in [3.8, 4) is 0 Å². The Hall–Kier alpha value is -2.37. The van der Waals surface area contributed by atoms with Crippen LogP contribution in [-0.2, 0) is 4.79 Å². The highest BCUT2D eigenvalue weighted by atomic mass is 16.2. The van der Waals surface area contributed by atoms with Crippen LogP contribution in [0.1, 0.15) is 55.7 Å². The van der Waals surface area contributed by atoms with Gasteiger partial charge < -0.3 is 10.6 Å². The van der Waals surface area contributed by atoms with Gasteiger partial charge in [-0.05, 0) is 37.8 Å². The van der Waals surface area contributed by atoms with Gasteiger partial charge in [0.15, 0.2) is 0 Å². The molecule has 2 amide bonds. The molecule has 0 spiro atoms. The van der Waals surface area contributed by atoms with Crippen LogP contribution in [0.2, 0.25) is 0 Å². The Balaban J connectivity index is 1.69. The van der Waals surface area contributed by atoms with Gasteiger partial charge in [0.05, 0.1) is 5.69 Å². The van der Waals surface area contributed by atoms with E-state index in [1.54, 1.807) is 0 Å². The lowest BCUT2D eigenvalue weighted by atomic mass is 10.1. The summed E-state index contributed by atoms with van der Waals surface area (Å²) in [6.07, 6.45) is 5.02. The van der Waals surface area contributed by atoms with E-state index >= 15 is 0 Å². The molecular weight excluding hydrogens is 316 g/mol. The average Bonchev–Trinajstić information content (AvgIpc) is 2.91. The molecule has 2 N–H and O–H groups in total. The van der Waals surface area contributed by atoms with Crippen LogP contribution in [0.15, 0.2) is 24.4 Å². The Morgan fingerprint density at radius 1 is 1.16 bits per heavy atom. The fourth-order valence-electron chi connectivity index (χ4n) is 2.67. The second kappa shape index (κ2) is 9.20. The molecule has 0 aromatic carbocycles. The first-order valence-electron chi connectivity index (χ1n) is 8.97. The minimum Gasteiger partial charge on any atom is -0.356 e. The molecule has 0 aliphatic rings. The van der Waals surface area contributed by atoms with Crippen LogP contribution in [0.5, 0.6) is 0 Å². The minimum atomic E-state index is -0.106. The van der Waals surface area contributed by atoms with Gasteiger partial charge in [0.25, 0.3) is 5.91 Å². The number of pyridine rings is 1. The number of unbranched alkanes of at least 4 members (excludes halogenated alkanes) is 2. The van der Waals surface area contributed by atoms with Gasteiger partial charge in [0, 0.05) is 25.7 Å². The summed E-state index contributed by atoms with van der Waals surface area (Å²) in [6, 6.07) is 5.67. The summed E-state index contributed by atoms with van der Waals surface area (Å²) in [4.78, 5) is 28.4. The third-order valence-corrected chi connectivity index (χ3v) is 3.99. The standard InChI is InChI=1S/C19H28N4O2/c1-14(2)13-21-17(24)10-5-4-7-11-20-19(25)18-15(3)22-16-9-6-8-12-23(16)18/h6,8-9,12,14H,4-5,7,10-11,13H2,1-3H3,(H,20,25)(H,21,24). The number of rotatable bonds is 9. The minimum absolute atomic E-state index is 0.106. The van der Waals surface area contributed by atoms with Gasteiger partial charge >= 0.3 is 0 Å². The first-order valence-corrected chi connectivity index (χ1v) is 8.97. The maximum atomic E-state index is 12.4. The van der Waals surface area contributed by atoms with E-state index in [0.29, 0.717) is 24.6 Å². The lowest BCUT2D eigenvalue weighted by Gasteiger charge is -2.08. The number of aromatic nitrogens is 2. The first-order chi connectivity index (χ1) is 12.0. The highest BCUT2D eigenvalue weighted by molar-refractivity contribution is 5.94. The molecule has 0 fully saturated rings. The van der Waals surface area contributed by atoms with Crippen LogP contribution in [0.3, 0.4) is 0 Å². The lowest BCUT2D eigenvalue weighted by molar-refractivity contribution is -0.121. The Bertz CT molecular complexity index is 721. The predicted octanol–water partition coefficient (Wildman–Crippen LogP) is 2.71. The average molecular weight is 344 g/mol. The fourth-order valence-corrected chi connectivity index (χ4v) is 2.67. The van der Waals surface area contributed by atoms with Crippen LogP contribution in [-0.4, -0.2) is 34.3 Å². The third kappa shape index (κ3) is 5.59. The topological polar surface area (TPSA) is 75.5 Å². The summed E-state index contributed by atoms with van der Waals surface area (Å²) in [6.45, 7) is 7.33. The number of carbonyl (C=O) groups excluding carboxylic acids is 2. The van der Waals surface area contributed by atoms with E-state index < -0.39 is 0 Å². The quantitative estimate of drug-likeness (QED) is 0.687. The number of fused-ring (bicyclic) bond motifs is 1. The zero-order valence-corrected chi connectivity index (χ0v) is 15.3. The molecule has 25 heavy (non-hydrogen) atoms. The van der Waals surface area contributed by atoms with Gasteiger partial charge in [-0.15, -0.1) is 0 Å². The van der Waals surface area contributed by atoms with Gasteiger partial charge in [-0.1, -0.05) is 26.3 Å². The van der Waals surface area contributed by atoms with Crippen LogP contribution >= 0.6 is 0 Å². The molecule has 0 saturated carbocycles. The normalized spacial score (nSPS) is 11.0. The van der Waals surface area contributed by atoms with E-state index in [0.717, 1.165) is 37.1 Å². The second-order valence-corrected chi connectivity index (χ2v) is 6.74. The Morgan fingerprint density at radius 2 is 1.96 bits per heavy atom. The van der Waals surface area contributed by atoms with Gasteiger partial charge in [-0.25, -0.2) is 4.98 Å². The van der Waals surface area contributed by atoms with Crippen molar-refractivity contribution in [3.63, 3.8) is 0 Å². The van der Waals surface area contributed by atoms with Crippen molar-refractivity contribution in [1.29, 1.82) is 0 Å². The highest BCUT2D eigenvalue weighted by Gasteiger charge is 2.15. The predicted molar refractivity (Wildman–Crippen MR) is 98.6 cm³/mol. The second-order valence-electron chi connectivity index (χ2n) is 6.74. The molecule has 0 aliphatic heterocycles. The van der Waals surface area contributed by atoms with E-state index in [1.807, 2.05) is 35.7 Å². The van der Waals surface area contributed by atoms with Crippen molar-refractivity contribution in [2.45, 2.75) is 46.5 Å². The number of carbonyl (C=O) groups is 2. The Kier molecular flexibility index (Phi) is 6.98. The van der Waals surface area contributed by atoms with Gasteiger partial charge in [-0.3, -0.25) is 14.0 Å². The van der Waals surface area contributed by atoms with Crippen molar-refractivity contribution in [1.82, 2.24) is 20.0 Å². The van der Waals surface area contributed by atoms with Crippen molar-refractivity contribution in [2.24, 2.45) is 5.92 Å². The number of imidazole rings is 1. The van der Waals surface area contributed by atoms with Crippen LogP contribution in [0.4, 0.5) is 0 Å². The highest BCUT2D eigenvalue weighted by Crippen LogP contribution is 2.11. The third-order valence-electron chi connectivity index (χ3n) is 3.99. The van der Waals surface area contributed by atoms with E-state index in [4.69, 9.17) is 0 Å². The molecule has 136 valence electrons. The zero-order chi connectivity index (χ0) is 18.2. The maximum absolute atomic E-state index is 12.4. The van der Waals surface area contributed by atoms with Gasteiger partial charge in [0.2, 0.25) is 5.91 Å². The summed E-state index contributed by atoms with van der Waals surface area (Å²) in [5.74, 6) is 0.479. The number of amides is 2. The van der Waals surface area contributed by atoms with Crippen molar-refractivity contribution in [3.05, 3.63) is 35.8 Å². The van der Waals surface area contributed by atoms with Gasteiger partial charge in [0.1, 0.15) is 11.3 Å². The number of aryl methyl sites for hydroxylation is 1. The smallest absolute Gasteiger partial charge is 0.270 e. The summed E-state index contributed by atoms with van der Waals surface area (Å²) in [5, 5.41) is 5.86. The van der Waals surface area contributed by atoms with E-state index in [2.05, 4.69) is 29.5 Å². The molecule has 0 radical (unpaired) electrons. The summed E-state index contributed by atoms with van der Waals surface area (Å²) >= 11 is 0. The fraction of sp³-hybridized carbons (Fsp3) is 0.526. The van der Waals surface area contributed by atoms with Crippen LogP contribution < -0.4 is 10.6 Å². The van der Waals surface area contributed by atoms with E-state index in [9.17, 15) is 9.59 Å². The van der Waals surface area contributed by atoms with Crippen molar-refractivity contribution >= 4 is 17.5 Å². The molecule has 0 aliphatic carbocycles. The van der Waals surface area contributed by atoms with Crippen molar-refractivity contribution in [2.75, 3.05) is 13.1 Å². The molecular formula is C19H28N4O2. The summed E-state index contributed by atoms with van der Waals surface area (Å²) < 4.78 is 1.81. The number of hydrogen-bond acceptors (Lipinski definition) is 3. The SMILES string of the molecule is Cc1nc2ccccn2c1C(=O)NCCCCCC(=O)NCC(C)C. The zero-order valence-electron chi connectivity index (χ0n) is 15.3. The molecule has 0 saturated heterocycles. The molecule has 2 rings (SSSR count). The molecule has 2 heterocycles. The molecule has 0 bridgehead atoms. The number of nitrogens with zero attached hydrogens (tertiary/aromatic N) is 2. The van der Waals surface area contributed by atoms with E-state index in [1.165, 1.54) is 0 Å². The first kappa shape index (κ1) is 19.0. The Morgan fingerprint density at radius 3 is 2.72 bits per heavy atom.